The van der Waals surface area contributed by atoms with Gasteiger partial charge in [0.15, 0.2) is 0 Å². The first kappa shape index (κ1) is 12.6. The van der Waals surface area contributed by atoms with E-state index in [4.69, 9.17) is 0 Å². The lowest BCUT2D eigenvalue weighted by Gasteiger charge is -2.52. The number of hydrogen-bond donors (Lipinski definition) is 1. The molecule has 1 saturated heterocycles. The van der Waals surface area contributed by atoms with Crippen LogP contribution in [0.5, 0.6) is 0 Å². The molecule has 1 aromatic rings. The predicted octanol–water partition coefficient (Wildman–Crippen LogP) is 2.39. The van der Waals surface area contributed by atoms with Gasteiger partial charge in [0.1, 0.15) is 10.2 Å². The van der Waals surface area contributed by atoms with Gasteiger partial charge in [-0.3, -0.25) is 0 Å². The zero-order valence-electron chi connectivity index (χ0n) is 10.6. The molecule has 4 heteroatoms. The molecule has 0 spiro atoms. The zero-order valence-corrected chi connectivity index (χ0v) is 12.2. The Hall–Kier alpha value is -0.450. The van der Waals surface area contributed by atoms with Crippen LogP contribution in [0.1, 0.15) is 25.0 Å². The van der Waals surface area contributed by atoms with Crippen LogP contribution >= 0.6 is 15.9 Å². The van der Waals surface area contributed by atoms with Gasteiger partial charge in [-0.1, -0.05) is 12.5 Å². The van der Waals surface area contributed by atoms with Crippen LogP contribution in [0.25, 0.3) is 0 Å². The highest BCUT2D eigenvalue weighted by Crippen LogP contribution is 2.48. The summed E-state index contributed by atoms with van der Waals surface area (Å²) in [4.78, 5) is 6.87. The number of aromatic nitrogens is 1. The highest BCUT2D eigenvalue weighted by Gasteiger charge is 2.51. The van der Waals surface area contributed by atoms with Crippen LogP contribution in [-0.4, -0.2) is 35.1 Å². The molecular weight excluding hydrogens is 292 g/mol. The molecule has 1 N–H and O–H groups in total. The Labute approximate surface area is 116 Å². The van der Waals surface area contributed by atoms with E-state index in [0.29, 0.717) is 11.8 Å². The maximum absolute atomic E-state index is 11.3. The van der Waals surface area contributed by atoms with Gasteiger partial charge in [-0.25, -0.2) is 4.98 Å². The van der Waals surface area contributed by atoms with Crippen LogP contribution < -0.4 is 0 Å². The fourth-order valence-electron chi connectivity index (χ4n) is 3.72. The fraction of sp³-hybridized carbons (Fsp3) is 0.643. The standard InChI is InChI=1S/C14H19BrN2O/c1-17-8-10-4-2-5-11(9-17)14(10,18)12-6-3-7-13(15)16-12/h3,6-7,10-11,18H,2,4-5,8-9H2,1H3. The van der Waals surface area contributed by atoms with Crippen LogP contribution in [0, 0.1) is 11.8 Å². The van der Waals surface area contributed by atoms with E-state index >= 15 is 0 Å². The smallest absolute Gasteiger partial charge is 0.115 e. The van der Waals surface area contributed by atoms with Crippen molar-refractivity contribution in [1.29, 1.82) is 0 Å². The molecule has 18 heavy (non-hydrogen) atoms. The third-order valence-electron chi connectivity index (χ3n) is 4.54. The third-order valence-corrected chi connectivity index (χ3v) is 4.98. The van der Waals surface area contributed by atoms with Crippen LogP contribution in [0.4, 0.5) is 0 Å². The SMILES string of the molecule is CN1CC2CCCC(C1)C2(O)c1cccc(Br)n1. The number of rotatable bonds is 1. The van der Waals surface area contributed by atoms with Gasteiger partial charge in [-0.2, -0.15) is 0 Å². The largest absolute Gasteiger partial charge is 0.383 e. The molecule has 98 valence electrons. The van der Waals surface area contributed by atoms with Gasteiger partial charge in [0.05, 0.1) is 5.69 Å². The normalized spacial score (nSPS) is 36.6. The van der Waals surface area contributed by atoms with Crippen molar-refractivity contribution in [1.82, 2.24) is 9.88 Å². The van der Waals surface area contributed by atoms with Crippen LogP contribution in [-0.2, 0) is 5.60 Å². The number of piperidine rings is 1. The van der Waals surface area contributed by atoms with E-state index in [0.717, 1.165) is 36.2 Å². The molecule has 1 aliphatic heterocycles. The fourth-order valence-corrected chi connectivity index (χ4v) is 4.07. The second kappa shape index (κ2) is 4.58. The molecule has 2 fully saturated rings. The number of likely N-dealkylation sites (tertiary alicyclic amines) is 1. The van der Waals surface area contributed by atoms with E-state index in [2.05, 4.69) is 32.9 Å². The zero-order chi connectivity index (χ0) is 12.8. The summed E-state index contributed by atoms with van der Waals surface area (Å²) in [5, 5.41) is 11.3. The lowest BCUT2D eigenvalue weighted by Crippen LogP contribution is -2.57. The molecule has 0 radical (unpaired) electrons. The van der Waals surface area contributed by atoms with E-state index in [1.54, 1.807) is 0 Å². The molecule has 1 saturated carbocycles. The average molecular weight is 311 g/mol. The van der Waals surface area contributed by atoms with Crippen LogP contribution in [0.2, 0.25) is 0 Å². The molecule has 1 aliphatic carbocycles. The Morgan fingerprint density at radius 2 is 2.00 bits per heavy atom. The summed E-state index contributed by atoms with van der Waals surface area (Å²) in [6, 6.07) is 5.86. The van der Waals surface area contributed by atoms with Crippen molar-refractivity contribution in [2.24, 2.45) is 11.8 Å². The summed E-state index contributed by atoms with van der Waals surface area (Å²) in [7, 11) is 2.15. The van der Waals surface area contributed by atoms with E-state index in [-0.39, 0.29) is 0 Å². The second-order valence-electron chi connectivity index (χ2n) is 5.72. The van der Waals surface area contributed by atoms with Gasteiger partial charge < -0.3 is 10.0 Å². The Morgan fingerprint density at radius 3 is 2.61 bits per heavy atom. The van der Waals surface area contributed by atoms with Crippen molar-refractivity contribution in [2.75, 3.05) is 20.1 Å². The van der Waals surface area contributed by atoms with E-state index in [1.807, 2.05) is 18.2 Å². The molecule has 2 heterocycles. The Morgan fingerprint density at radius 1 is 1.33 bits per heavy atom. The predicted molar refractivity (Wildman–Crippen MR) is 74.2 cm³/mol. The van der Waals surface area contributed by atoms with E-state index in [1.165, 1.54) is 6.42 Å². The first-order valence-electron chi connectivity index (χ1n) is 6.64. The summed E-state index contributed by atoms with van der Waals surface area (Å²) < 4.78 is 0.811. The highest BCUT2D eigenvalue weighted by atomic mass is 79.9. The van der Waals surface area contributed by atoms with Gasteiger partial charge in [-0.15, -0.1) is 0 Å². The molecule has 0 aromatic carbocycles. The number of pyridine rings is 1. The van der Waals surface area contributed by atoms with Crippen molar-refractivity contribution in [2.45, 2.75) is 24.9 Å². The van der Waals surface area contributed by atoms with Crippen molar-refractivity contribution in [3.05, 3.63) is 28.5 Å². The maximum Gasteiger partial charge on any atom is 0.115 e. The lowest BCUT2D eigenvalue weighted by atomic mass is 9.64. The third kappa shape index (κ3) is 1.91. The Kier molecular flexibility index (Phi) is 3.20. The minimum atomic E-state index is -0.728. The average Bonchev–Trinajstić information content (AvgIpc) is 2.31. The molecule has 2 unspecified atom stereocenters. The lowest BCUT2D eigenvalue weighted by molar-refractivity contribution is -0.145. The van der Waals surface area contributed by atoms with E-state index in [9.17, 15) is 5.11 Å². The summed E-state index contributed by atoms with van der Waals surface area (Å²) in [6.45, 7) is 1.95. The molecule has 1 aromatic heterocycles. The molecule has 0 amide bonds. The van der Waals surface area contributed by atoms with Crippen molar-refractivity contribution in [3.63, 3.8) is 0 Å². The van der Waals surface area contributed by atoms with Gasteiger partial charge in [0, 0.05) is 24.9 Å². The molecule has 2 aliphatic rings. The number of hydrogen-bond acceptors (Lipinski definition) is 3. The van der Waals surface area contributed by atoms with Crippen molar-refractivity contribution in [3.8, 4) is 0 Å². The maximum atomic E-state index is 11.3. The molecule has 3 nitrogen and oxygen atoms in total. The van der Waals surface area contributed by atoms with Crippen LogP contribution in [0.15, 0.2) is 22.8 Å². The minimum absolute atomic E-state index is 0.316. The minimum Gasteiger partial charge on any atom is -0.383 e. The van der Waals surface area contributed by atoms with Gasteiger partial charge in [0.2, 0.25) is 0 Å². The van der Waals surface area contributed by atoms with Crippen molar-refractivity contribution < 1.29 is 5.11 Å². The number of fused-ring (bicyclic) bond motifs is 2. The topological polar surface area (TPSA) is 36.4 Å². The first-order valence-corrected chi connectivity index (χ1v) is 7.44. The summed E-state index contributed by atoms with van der Waals surface area (Å²) in [5.74, 6) is 0.633. The number of halogens is 1. The highest BCUT2D eigenvalue weighted by molar-refractivity contribution is 9.10. The molecule has 2 bridgehead atoms. The summed E-state index contributed by atoms with van der Waals surface area (Å²) in [6.07, 6.45) is 3.44. The summed E-state index contributed by atoms with van der Waals surface area (Å²) in [5.41, 5.74) is 0.119. The number of nitrogens with zero attached hydrogens (tertiary/aromatic N) is 2. The summed E-state index contributed by atoms with van der Waals surface area (Å²) >= 11 is 3.41. The molecular formula is C14H19BrN2O. The quantitative estimate of drug-likeness (QED) is 0.809. The Bertz CT molecular complexity index is 437. The molecule has 3 rings (SSSR count). The van der Waals surface area contributed by atoms with Crippen LogP contribution in [0.3, 0.4) is 0 Å². The van der Waals surface area contributed by atoms with E-state index < -0.39 is 5.60 Å². The van der Waals surface area contributed by atoms with Gasteiger partial charge in [-0.05, 0) is 48.0 Å². The van der Waals surface area contributed by atoms with Gasteiger partial charge in [0.25, 0.3) is 0 Å². The second-order valence-corrected chi connectivity index (χ2v) is 6.53. The monoisotopic (exact) mass is 310 g/mol. The Balaban J connectivity index is 2.02. The van der Waals surface area contributed by atoms with Crippen molar-refractivity contribution >= 4 is 15.9 Å². The molecule has 2 atom stereocenters. The van der Waals surface area contributed by atoms with Gasteiger partial charge >= 0.3 is 0 Å². The first-order chi connectivity index (χ1) is 8.60. The number of aliphatic hydroxyl groups is 1.